The number of amides is 1. The number of hydrogen-bond donors (Lipinski definition) is 1. The summed E-state index contributed by atoms with van der Waals surface area (Å²) in [6, 6.07) is 6.01. The maximum atomic E-state index is 12.3. The predicted molar refractivity (Wildman–Crippen MR) is 88.7 cm³/mol. The molecule has 1 aromatic rings. The van der Waals surface area contributed by atoms with Gasteiger partial charge in [0.15, 0.2) is 0 Å². The van der Waals surface area contributed by atoms with Crippen molar-refractivity contribution in [3.05, 3.63) is 29.8 Å². The summed E-state index contributed by atoms with van der Waals surface area (Å²) in [5.41, 5.74) is 0.971. The zero-order valence-corrected chi connectivity index (χ0v) is 14.2. The summed E-state index contributed by atoms with van der Waals surface area (Å²) < 4.78 is 10.3. The molecular weight excluding hydrogens is 310 g/mol. The summed E-state index contributed by atoms with van der Waals surface area (Å²) in [6.07, 6.45) is 2.43. The minimum absolute atomic E-state index is 0.196. The van der Waals surface area contributed by atoms with Crippen molar-refractivity contribution < 1.29 is 24.2 Å². The smallest absolute Gasteiger partial charge is 0.410 e. The van der Waals surface area contributed by atoms with Gasteiger partial charge in [0.1, 0.15) is 18.4 Å². The molecule has 132 valence electrons. The molecule has 1 fully saturated rings. The van der Waals surface area contributed by atoms with Crippen LogP contribution in [-0.2, 0) is 20.7 Å². The zero-order chi connectivity index (χ0) is 17.5. The van der Waals surface area contributed by atoms with Gasteiger partial charge in [-0.2, -0.15) is 0 Å². The second-order valence-corrected chi connectivity index (χ2v) is 5.92. The van der Waals surface area contributed by atoms with Crippen molar-refractivity contribution in [1.29, 1.82) is 0 Å². The van der Waals surface area contributed by atoms with Crippen LogP contribution in [0.4, 0.5) is 4.79 Å². The first-order valence-corrected chi connectivity index (χ1v) is 8.46. The average molecular weight is 335 g/mol. The fourth-order valence-corrected chi connectivity index (χ4v) is 2.92. The van der Waals surface area contributed by atoms with Gasteiger partial charge in [0, 0.05) is 0 Å². The van der Waals surface area contributed by atoms with E-state index in [0.717, 1.165) is 18.4 Å². The summed E-state index contributed by atoms with van der Waals surface area (Å²) in [5, 5.41) is 9.38. The fourth-order valence-electron chi connectivity index (χ4n) is 2.92. The maximum absolute atomic E-state index is 12.3. The first-order valence-electron chi connectivity index (χ1n) is 8.46. The van der Waals surface area contributed by atoms with Crippen LogP contribution >= 0.6 is 0 Å². The Balaban J connectivity index is 2.16. The Hall–Kier alpha value is -2.24. The Morgan fingerprint density at radius 3 is 2.71 bits per heavy atom. The van der Waals surface area contributed by atoms with Gasteiger partial charge in [0.2, 0.25) is 0 Å². The normalized spacial score (nSPS) is 18.3. The number of phenols is 1. The van der Waals surface area contributed by atoms with Gasteiger partial charge in [0.05, 0.1) is 12.6 Å². The number of esters is 1. The molecule has 0 bridgehead atoms. The lowest BCUT2D eigenvalue weighted by Gasteiger charge is -2.29. The van der Waals surface area contributed by atoms with E-state index in [1.807, 2.05) is 19.1 Å². The van der Waals surface area contributed by atoms with Crippen molar-refractivity contribution >= 4 is 12.1 Å². The quantitative estimate of drug-likeness (QED) is 0.739. The minimum atomic E-state index is -0.609. The third kappa shape index (κ3) is 4.40. The highest BCUT2D eigenvalue weighted by Gasteiger charge is 2.41. The van der Waals surface area contributed by atoms with E-state index in [0.29, 0.717) is 12.8 Å². The minimum Gasteiger partial charge on any atom is -0.508 e. The van der Waals surface area contributed by atoms with E-state index >= 15 is 0 Å². The van der Waals surface area contributed by atoms with Gasteiger partial charge in [-0.3, -0.25) is 4.90 Å². The number of carbonyl (C=O) groups excluding carboxylic acids is 2. The third-order valence-corrected chi connectivity index (χ3v) is 4.14. The molecule has 6 heteroatoms. The van der Waals surface area contributed by atoms with Gasteiger partial charge >= 0.3 is 12.1 Å². The number of unbranched alkanes of at least 4 members (excludes halogenated alkanes) is 1. The molecule has 1 unspecified atom stereocenters. The molecular formula is C18H25NO5. The molecule has 6 nitrogen and oxygen atoms in total. The van der Waals surface area contributed by atoms with E-state index in [4.69, 9.17) is 9.47 Å². The Morgan fingerprint density at radius 1 is 1.38 bits per heavy atom. The van der Waals surface area contributed by atoms with Crippen LogP contribution in [-0.4, -0.2) is 47.4 Å². The van der Waals surface area contributed by atoms with Crippen molar-refractivity contribution in [2.45, 2.75) is 51.6 Å². The van der Waals surface area contributed by atoms with Crippen LogP contribution in [0.3, 0.4) is 0 Å². The summed E-state index contributed by atoms with van der Waals surface area (Å²) in [5.74, 6) is -0.179. The van der Waals surface area contributed by atoms with Gasteiger partial charge in [0.25, 0.3) is 0 Å². The molecule has 1 aromatic carbocycles. The highest BCUT2D eigenvalue weighted by atomic mass is 16.6. The van der Waals surface area contributed by atoms with Crippen LogP contribution in [0, 0.1) is 0 Å². The summed E-state index contributed by atoms with van der Waals surface area (Å²) in [7, 11) is 0. The summed E-state index contributed by atoms with van der Waals surface area (Å²) >= 11 is 0. The van der Waals surface area contributed by atoms with E-state index in [1.165, 1.54) is 4.90 Å². The van der Waals surface area contributed by atoms with Gasteiger partial charge in [-0.25, -0.2) is 9.59 Å². The molecule has 1 aliphatic heterocycles. The summed E-state index contributed by atoms with van der Waals surface area (Å²) in [6.45, 7) is 4.33. The van der Waals surface area contributed by atoms with Crippen molar-refractivity contribution in [2.24, 2.45) is 0 Å². The number of ether oxygens (including phenoxy) is 2. The number of nitrogens with zero attached hydrogens (tertiary/aromatic N) is 1. The molecule has 0 radical (unpaired) electrons. The largest absolute Gasteiger partial charge is 0.508 e. The zero-order valence-electron chi connectivity index (χ0n) is 14.2. The summed E-state index contributed by atoms with van der Waals surface area (Å²) in [4.78, 5) is 26.0. The van der Waals surface area contributed by atoms with Crippen molar-refractivity contribution in [1.82, 2.24) is 4.90 Å². The Bertz CT molecular complexity index is 557. The number of benzene rings is 1. The number of hydrogen-bond acceptors (Lipinski definition) is 5. The van der Waals surface area contributed by atoms with Gasteiger partial charge in [-0.1, -0.05) is 31.9 Å². The number of cyclic esters (lactones) is 1. The van der Waals surface area contributed by atoms with Crippen LogP contribution in [0.15, 0.2) is 24.3 Å². The number of phenolic OH excluding ortho intramolecular Hbond substituents is 1. The Morgan fingerprint density at radius 2 is 2.08 bits per heavy atom. The molecule has 0 aliphatic carbocycles. The first kappa shape index (κ1) is 18.1. The van der Waals surface area contributed by atoms with Crippen LogP contribution in [0.2, 0.25) is 0 Å². The van der Waals surface area contributed by atoms with E-state index < -0.39 is 12.1 Å². The molecule has 2 rings (SSSR count). The second kappa shape index (κ2) is 8.57. The molecule has 1 aliphatic rings. The number of rotatable bonds is 8. The second-order valence-electron chi connectivity index (χ2n) is 5.92. The number of carbonyl (C=O) groups is 2. The van der Waals surface area contributed by atoms with Gasteiger partial charge in [-0.05, 0) is 37.5 Å². The lowest BCUT2D eigenvalue weighted by Crippen LogP contribution is -2.48. The van der Waals surface area contributed by atoms with Crippen molar-refractivity contribution in [3.63, 3.8) is 0 Å². The average Bonchev–Trinajstić information content (AvgIpc) is 2.91. The van der Waals surface area contributed by atoms with Crippen molar-refractivity contribution in [2.75, 3.05) is 13.2 Å². The third-order valence-electron chi connectivity index (χ3n) is 4.14. The molecule has 24 heavy (non-hydrogen) atoms. The fraction of sp³-hybridized carbons (Fsp3) is 0.556. The van der Waals surface area contributed by atoms with E-state index in [2.05, 4.69) is 0 Å². The highest BCUT2D eigenvalue weighted by Crippen LogP contribution is 2.24. The topological polar surface area (TPSA) is 76.1 Å². The first-order chi connectivity index (χ1) is 11.6. The number of aromatic hydroxyl groups is 1. The van der Waals surface area contributed by atoms with E-state index in [-0.39, 0.29) is 31.0 Å². The molecule has 0 saturated carbocycles. The van der Waals surface area contributed by atoms with E-state index in [9.17, 15) is 14.7 Å². The highest BCUT2D eigenvalue weighted by molar-refractivity contribution is 5.82. The lowest BCUT2D eigenvalue weighted by molar-refractivity contribution is -0.149. The van der Waals surface area contributed by atoms with Crippen LogP contribution in [0.5, 0.6) is 5.75 Å². The van der Waals surface area contributed by atoms with E-state index in [1.54, 1.807) is 19.1 Å². The van der Waals surface area contributed by atoms with Crippen molar-refractivity contribution in [3.8, 4) is 5.75 Å². The molecule has 0 aromatic heterocycles. The SMILES string of the molecule is CCCCC(C(=O)OCC)N1C(=O)OC[C@H]1Cc1ccc(O)cc1. The molecule has 1 heterocycles. The van der Waals surface area contributed by atoms with Gasteiger partial charge < -0.3 is 14.6 Å². The van der Waals surface area contributed by atoms with Crippen LogP contribution in [0.1, 0.15) is 38.7 Å². The molecule has 1 N–H and O–H groups in total. The molecule has 1 saturated heterocycles. The standard InChI is InChI=1S/C18H25NO5/c1-3-5-6-16(17(21)23-4-2)19-14(12-24-18(19)22)11-13-7-9-15(20)10-8-13/h7-10,14,16,20H,3-6,11-12H2,1-2H3/t14-,16?/m1/s1. The molecule has 1 amide bonds. The predicted octanol–water partition coefficient (Wildman–Crippen LogP) is 2.88. The lowest BCUT2D eigenvalue weighted by atomic mass is 10.0. The molecule has 2 atom stereocenters. The Kier molecular flexibility index (Phi) is 6.46. The Labute approximate surface area is 142 Å². The van der Waals surface area contributed by atoms with Gasteiger partial charge in [-0.15, -0.1) is 0 Å². The monoisotopic (exact) mass is 335 g/mol. The maximum Gasteiger partial charge on any atom is 0.410 e. The van der Waals surface area contributed by atoms with Crippen LogP contribution in [0.25, 0.3) is 0 Å². The van der Waals surface area contributed by atoms with Crippen LogP contribution < -0.4 is 0 Å². The molecule has 0 spiro atoms.